The highest BCUT2D eigenvalue weighted by molar-refractivity contribution is 6.01. The molecule has 188 valence electrons. The van der Waals surface area contributed by atoms with Gasteiger partial charge in [-0.25, -0.2) is 0 Å². The fourth-order valence-electron chi connectivity index (χ4n) is 6.00. The molecule has 1 fully saturated rings. The lowest BCUT2D eigenvalue weighted by molar-refractivity contribution is 0.405. The molecular formula is C33H31N5. The van der Waals surface area contributed by atoms with Gasteiger partial charge in [-0.15, -0.1) is 0 Å². The lowest BCUT2D eigenvalue weighted by Gasteiger charge is -2.24. The maximum atomic E-state index is 4.71. The second kappa shape index (κ2) is 9.49. The Hall–Kier alpha value is -4.38. The maximum absolute atomic E-state index is 4.71. The van der Waals surface area contributed by atoms with Crippen LogP contribution in [0.15, 0.2) is 91.4 Å². The van der Waals surface area contributed by atoms with Crippen molar-refractivity contribution < 1.29 is 0 Å². The Balaban J connectivity index is 1.22. The lowest BCUT2D eigenvalue weighted by Crippen LogP contribution is -2.14. The van der Waals surface area contributed by atoms with Gasteiger partial charge >= 0.3 is 0 Å². The Morgan fingerprint density at radius 2 is 1.84 bits per heavy atom. The highest BCUT2D eigenvalue weighted by Gasteiger charge is 2.18. The Bertz CT molecular complexity index is 1730. The molecule has 0 atom stereocenters. The highest BCUT2D eigenvalue weighted by Crippen LogP contribution is 2.36. The average molecular weight is 498 g/mol. The number of rotatable bonds is 6. The number of aromatic amines is 2. The van der Waals surface area contributed by atoms with Gasteiger partial charge in [0.1, 0.15) is 5.69 Å². The van der Waals surface area contributed by atoms with Crippen LogP contribution in [-0.4, -0.2) is 20.2 Å². The van der Waals surface area contributed by atoms with Crippen LogP contribution in [0.4, 0.5) is 5.69 Å². The van der Waals surface area contributed by atoms with Gasteiger partial charge in [-0.3, -0.25) is 10.1 Å². The molecule has 5 aromatic rings. The smallest absolute Gasteiger partial charge is 0.116 e. The molecule has 3 heterocycles. The number of anilines is 1. The van der Waals surface area contributed by atoms with Crippen molar-refractivity contribution in [2.75, 3.05) is 5.32 Å². The second-order valence-electron chi connectivity index (χ2n) is 10.5. The van der Waals surface area contributed by atoms with Crippen molar-refractivity contribution >= 4 is 33.1 Å². The molecule has 0 aliphatic heterocycles. The van der Waals surface area contributed by atoms with Crippen molar-refractivity contribution in [3.05, 3.63) is 97.0 Å². The van der Waals surface area contributed by atoms with Crippen molar-refractivity contribution in [1.29, 1.82) is 0 Å². The van der Waals surface area contributed by atoms with Crippen LogP contribution in [0, 0.1) is 5.92 Å². The molecule has 3 aromatic heterocycles. The summed E-state index contributed by atoms with van der Waals surface area (Å²) < 4.78 is 0. The molecule has 2 aliphatic carbocycles. The molecule has 0 saturated heterocycles. The van der Waals surface area contributed by atoms with E-state index in [1.807, 2.05) is 12.4 Å². The summed E-state index contributed by atoms with van der Waals surface area (Å²) in [5, 5.41) is 13.8. The fourth-order valence-corrected chi connectivity index (χ4v) is 6.00. The Labute approximate surface area is 222 Å². The van der Waals surface area contributed by atoms with E-state index in [-0.39, 0.29) is 0 Å². The van der Waals surface area contributed by atoms with Crippen molar-refractivity contribution in [3.63, 3.8) is 0 Å². The zero-order valence-corrected chi connectivity index (χ0v) is 21.4. The monoisotopic (exact) mass is 497 g/mol. The number of benzene rings is 2. The maximum Gasteiger partial charge on any atom is 0.116 e. The summed E-state index contributed by atoms with van der Waals surface area (Å²) >= 11 is 0. The van der Waals surface area contributed by atoms with E-state index in [1.165, 1.54) is 48.6 Å². The number of hydrogen-bond acceptors (Lipinski definition) is 3. The number of pyridine rings is 1. The van der Waals surface area contributed by atoms with Gasteiger partial charge in [-0.05, 0) is 72.2 Å². The van der Waals surface area contributed by atoms with Crippen LogP contribution in [-0.2, 0) is 0 Å². The molecule has 0 spiro atoms. The molecule has 3 N–H and O–H groups in total. The number of allylic oxidation sites excluding steroid dienone is 5. The molecule has 7 rings (SSSR count). The summed E-state index contributed by atoms with van der Waals surface area (Å²) in [6.07, 6.45) is 17.9. The number of nitrogens with one attached hydrogen (secondary N) is 3. The normalized spacial score (nSPS) is 15.8. The van der Waals surface area contributed by atoms with E-state index < -0.39 is 0 Å². The number of hydrogen-bond donors (Lipinski definition) is 3. The summed E-state index contributed by atoms with van der Waals surface area (Å²) in [5.74, 6) is 0.551. The largest absolute Gasteiger partial charge is 0.358 e. The van der Waals surface area contributed by atoms with Crippen LogP contribution < -0.4 is 5.32 Å². The van der Waals surface area contributed by atoms with Gasteiger partial charge in [0.05, 0.1) is 23.1 Å². The summed E-state index contributed by atoms with van der Waals surface area (Å²) in [4.78, 5) is 8.15. The molecule has 5 heteroatoms. The standard InChI is InChI=1S/C33H31N5/c1-21(22-8-3-2-4-9-22)35-26-16-25(19-34-20-26)24-14-15-31-29(17-24)33(38-37-31)32-18-28-27(23-10-5-6-11-23)12-7-13-30(28)36-32/h5,7,10-20,22,35-36H,1-4,6,8-9H2,(H,37,38). The third kappa shape index (κ3) is 4.14. The first kappa shape index (κ1) is 22.8. The Morgan fingerprint density at radius 1 is 0.921 bits per heavy atom. The van der Waals surface area contributed by atoms with Gasteiger partial charge in [0, 0.05) is 33.7 Å². The van der Waals surface area contributed by atoms with Crippen LogP contribution >= 0.6 is 0 Å². The Morgan fingerprint density at radius 3 is 2.71 bits per heavy atom. The van der Waals surface area contributed by atoms with Crippen LogP contribution in [0.3, 0.4) is 0 Å². The first-order valence-electron chi connectivity index (χ1n) is 13.6. The number of fused-ring (bicyclic) bond motifs is 2. The van der Waals surface area contributed by atoms with E-state index in [0.29, 0.717) is 5.92 Å². The Kier molecular flexibility index (Phi) is 5.69. The minimum atomic E-state index is 0.551. The minimum absolute atomic E-state index is 0.551. The third-order valence-electron chi connectivity index (χ3n) is 8.04. The zero-order valence-electron chi connectivity index (χ0n) is 21.4. The first-order valence-corrected chi connectivity index (χ1v) is 13.6. The van der Waals surface area contributed by atoms with Gasteiger partial charge in [0.15, 0.2) is 0 Å². The van der Waals surface area contributed by atoms with E-state index in [9.17, 15) is 0 Å². The zero-order chi connectivity index (χ0) is 25.5. The lowest BCUT2D eigenvalue weighted by atomic mass is 9.87. The highest BCUT2D eigenvalue weighted by atomic mass is 15.1. The van der Waals surface area contributed by atoms with E-state index in [4.69, 9.17) is 5.10 Å². The predicted molar refractivity (Wildman–Crippen MR) is 158 cm³/mol. The molecule has 1 saturated carbocycles. The quantitative estimate of drug-likeness (QED) is 0.220. The molecule has 5 nitrogen and oxygen atoms in total. The van der Waals surface area contributed by atoms with Crippen molar-refractivity contribution in [3.8, 4) is 22.5 Å². The van der Waals surface area contributed by atoms with E-state index in [0.717, 1.165) is 56.7 Å². The SMILES string of the molecule is C=C(Nc1cncc(-c2ccc3[nH]nc(-c4cc5c(C6=CCC=C6)cccc5[nH]4)c3c2)c1)C1CCCCC1. The second-order valence-corrected chi connectivity index (χ2v) is 10.5. The van der Waals surface area contributed by atoms with Gasteiger partial charge < -0.3 is 10.3 Å². The van der Waals surface area contributed by atoms with Crippen LogP contribution in [0.2, 0.25) is 0 Å². The molecule has 0 amide bonds. The predicted octanol–water partition coefficient (Wildman–Crippen LogP) is 8.62. The number of nitrogens with zero attached hydrogens (tertiary/aromatic N) is 2. The van der Waals surface area contributed by atoms with Crippen LogP contribution in [0.25, 0.3) is 49.9 Å². The van der Waals surface area contributed by atoms with Crippen molar-refractivity contribution in [2.45, 2.75) is 38.5 Å². The molecular weight excluding hydrogens is 466 g/mol. The summed E-state index contributed by atoms with van der Waals surface area (Å²) in [6.45, 7) is 4.34. The third-order valence-corrected chi connectivity index (χ3v) is 8.04. The number of aromatic nitrogens is 4. The molecule has 0 unspecified atom stereocenters. The number of H-pyrrole nitrogens is 2. The topological polar surface area (TPSA) is 69.4 Å². The fraction of sp³-hybridized carbons (Fsp3) is 0.212. The van der Waals surface area contributed by atoms with Crippen molar-refractivity contribution in [2.24, 2.45) is 5.92 Å². The van der Waals surface area contributed by atoms with Crippen LogP contribution in [0.5, 0.6) is 0 Å². The van der Waals surface area contributed by atoms with Gasteiger partial charge in [-0.2, -0.15) is 5.10 Å². The first-order chi connectivity index (χ1) is 18.7. The average Bonchev–Trinajstić information content (AvgIpc) is 3.73. The van der Waals surface area contributed by atoms with Gasteiger partial charge in [0.25, 0.3) is 0 Å². The minimum Gasteiger partial charge on any atom is -0.358 e. The van der Waals surface area contributed by atoms with Crippen molar-refractivity contribution in [1.82, 2.24) is 20.2 Å². The van der Waals surface area contributed by atoms with E-state index in [2.05, 4.69) is 93.7 Å². The molecule has 0 radical (unpaired) electrons. The van der Waals surface area contributed by atoms with E-state index in [1.54, 1.807) is 0 Å². The van der Waals surface area contributed by atoms with Gasteiger partial charge in [0.2, 0.25) is 0 Å². The molecule has 38 heavy (non-hydrogen) atoms. The molecule has 2 aromatic carbocycles. The van der Waals surface area contributed by atoms with E-state index >= 15 is 0 Å². The summed E-state index contributed by atoms with van der Waals surface area (Å²) in [5.41, 5.74) is 10.9. The van der Waals surface area contributed by atoms with Gasteiger partial charge in [-0.1, -0.05) is 62.3 Å². The van der Waals surface area contributed by atoms with Crippen LogP contribution in [0.1, 0.15) is 44.1 Å². The molecule has 2 aliphatic rings. The molecule has 0 bridgehead atoms. The summed E-state index contributed by atoms with van der Waals surface area (Å²) in [6, 6.07) is 17.3. The summed E-state index contributed by atoms with van der Waals surface area (Å²) in [7, 11) is 0.